The van der Waals surface area contributed by atoms with Gasteiger partial charge in [0.15, 0.2) is 0 Å². The van der Waals surface area contributed by atoms with E-state index in [0.29, 0.717) is 5.65 Å². The molecule has 1 aromatic carbocycles. The van der Waals surface area contributed by atoms with Crippen LogP contribution < -0.4 is 4.74 Å². The van der Waals surface area contributed by atoms with Gasteiger partial charge in [-0.1, -0.05) is 6.07 Å². The molecule has 0 bridgehead atoms. The van der Waals surface area contributed by atoms with Crippen molar-refractivity contribution in [1.29, 1.82) is 0 Å². The van der Waals surface area contributed by atoms with Crippen molar-refractivity contribution in [3.8, 4) is 17.0 Å². The van der Waals surface area contributed by atoms with Crippen molar-refractivity contribution in [3.05, 3.63) is 53.3 Å². The zero-order valence-electron chi connectivity index (χ0n) is 12.6. The molecule has 0 aliphatic carbocycles. The topological polar surface area (TPSA) is 63.8 Å². The number of benzene rings is 1. The van der Waals surface area contributed by atoms with Crippen molar-refractivity contribution in [2.24, 2.45) is 0 Å². The molecule has 5 nitrogen and oxygen atoms in total. The monoisotopic (exact) mass is 296 g/mol. The van der Waals surface area contributed by atoms with Gasteiger partial charge >= 0.3 is 5.97 Å². The summed E-state index contributed by atoms with van der Waals surface area (Å²) in [7, 11) is 1.63. The molecule has 0 fully saturated rings. The van der Waals surface area contributed by atoms with Crippen molar-refractivity contribution in [2.45, 2.75) is 13.8 Å². The van der Waals surface area contributed by atoms with E-state index in [2.05, 4.69) is 4.98 Å². The lowest BCUT2D eigenvalue weighted by atomic mass is 10.0. The van der Waals surface area contributed by atoms with Crippen LogP contribution in [0.3, 0.4) is 0 Å². The van der Waals surface area contributed by atoms with Gasteiger partial charge in [0.05, 0.1) is 24.1 Å². The summed E-state index contributed by atoms with van der Waals surface area (Å²) in [4.78, 5) is 15.6. The van der Waals surface area contributed by atoms with E-state index >= 15 is 0 Å². The lowest BCUT2D eigenvalue weighted by Crippen LogP contribution is -1.98. The van der Waals surface area contributed by atoms with Crippen molar-refractivity contribution in [2.75, 3.05) is 7.11 Å². The number of aromatic nitrogens is 2. The molecule has 22 heavy (non-hydrogen) atoms. The normalized spacial score (nSPS) is 10.9. The Morgan fingerprint density at radius 1 is 1.23 bits per heavy atom. The quantitative estimate of drug-likeness (QED) is 0.805. The molecule has 0 radical (unpaired) electrons. The second kappa shape index (κ2) is 5.18. The molecule has 3 aromatic rings. The number of nitrogens with zero attached hydrogens (tertiary/aromatic N) is 2. The average Bonchev–Trinajstić information content (AvgIpc) is 2.82. The molecule has 112 valence electrons. The lowest BCUT2D eigenvalue weighted by Gasteiger charge is -2.09. The van der Waals surface area contributed by atoms with Crippen molar-refractivity contribution < 1.29 is 14.6 Å². The second-order valence-corrected chi connectivity index (χ2v) is 5.18. The number of pyridine rings is 1. The highest BCUT2D eigenvalue weighted by molar-refractivity contribution is 5.89. The van der Waals surface area contributed by atoms with Gasteiger partial charge in [0.25, 0.3) is 0 Å². The van der Waals surface area contributed by atoms with Crippen LogP contribution in [0.4, 0.5) is 0 Å². The molecule has 1 N–H and O–H groups in total. The molecule has 0 atom stereocenters. The first-order valence-electron chi connectivity index (χ1n) is 6.88. The van der Waals surface area contributed by atoms with Crippen LogP contribution in [0.25, 0.3) is 16.9 Å². The standard InChI is InChI=1S/C17H16N2O3/c1-10-4-5-13(22-3)9-14(10)16-11(2)18-15-8-12(17(20)21)6-7-19(15)16/h4-9H,1-3H3,(H,20,21). The summed E-state index contributed by atoms with van der Waals surface area (Å²) in [6.45, 7) is 3.95. The fourth-order valence-electron chi connectivity index (χ4n) is 2.60. The van der Waals surface area contributed by atoms with Crippen LogP contribution in [-0.2, 0) is 0 Å². The molecule has 5 heteroatoms. The Bertz CT molecular complexity index is 881. The van der Waals surface area contributed by atoms with Crippen LogP contribution in [0.5, 0.6) is 5.75 Å². The van der Waals surface area contributed by atoms with Gasteiger partial charge < -0.3 is 9.84 Å². The number of carbonyl (C=O) groups is 1. The van der Waals surface area contributed by atoms with Crippen LogP contribution in [0.2, 0.25) is 0 Å². The summed E-state index contributed by atoms with van der Waals surface area (Å²) in [5.74, 6) is -0.181. The number of hydrogen-bond acceptors (Lipinski definition) is 3. The Hall–Kier alpha value is -2.82. The Morgan fingerprint density at radius 2 is 2.00 bits per heavy atom. The van der Waals surface area contributed by atoms with Crippen LogP contribution in [0.1, 0.15) is 21.6 Å². The Balaban J connectivity index is 2.27. The fourth-order valence-corrected chi connectivity index (χ4v) is 2.60. The summed E-state index contributed by atoms with van der Waals surface area (Å²) in [5.41, 5.74) is 4.77. The minimum absolute atomic E-state index is 0.228. The van der Waals surface area contributed by atoms with Crippen LogP contribution in [-0.4, -0.2) is 27.6 Å². The van der Waals surface area contributed by atoms with E-state index in [1.807, 2.05) is 36.4 Å². The van der Waals surface area contributed by atoms with Crippen LogP contribution >= 0.6 is 0 Å². The number of ether oxygens (including phenoxy) is 1. The number of rotatable bonds is 3. The first-order valence-corrected chi connectivity index (χ1v) is 6.88. The molecule has 0 spiro atoms. The number of carboxylic acids is 1. The maximum Gasteiger partial charge on any atom is 0.335 e. The molecular formula is C17H16N2O3. The van der Waals surface area contributed by atoms with Crippen molar-refractivity contribution in [1.82, 2.24) is 9.38 Å². The van der Waals surface area contributed by atoms with Gasteiger partial charge in [0.2, 0.25) is 0 Å². The number of carboxylic acid groups (broad SMARTS) is 1. The highest BCUT2D eigenvalue weighted by Gasteiger charge is 2.15. The summed E-state index contributed by atoms with van der Waals surface area (Å²) < 4.78 is 7.21. The van der Waals surface area contributed by atoms with E-state index in [-0.39, 0.29) is 5.56 Å². The Kier molecular flexibility index (Phi) is 3.33. The van der Waals surface area contributed by atoms with Gasteiger partial charge in [-0.05, 0) is 43.7 Å². The number of hydrogen-bond donors (Lipinski definition) is 1. The summed E-state index contributed by atoms with van der Waals surface area (Å²) in [6.07, 6.45) is 1.74. The summed E-state index contributed by atoms with van der Waals surface area (Å²) in [6, 6.07) is 9.04. The number of imidazole rings is 1. The van der Waals surface area contributed by atoms with Gasteiger partial charge in [-0.25, -0.2) is 9.78 Å². The predicted molar refractivity (Wildman–Crippen MR) is 83.6 cm³/mol. The second-order valence-electron chi connectivity index (χ2n) is 5.18. The maximum absolute atomic E-state index is 11.1. The zero-order chi connectivity index (χ0) is 15.9. The van der Waals surface area contributed by atoms with Crippen molar-refractivity contribution in [3.63, 3.8) is 0 Å². The average molecular weight is 296 g/mol. The summed E-state index contributed by atoms with van der Waals surface area (Å²) in [5, 5.41) is 9.10. The molecule has 2 heterocycles. The van der Waals surface area contributed by atoms with E-state index in [9.17, 15) is 4.79 Å². The number of fused-ring (bicyclic) bond motifs is 1. The van der Waals surface area contributed by atoms with Gasteiger partial charge in [-0.2, -0.15) is 0 Å². The molecule has 0 amide bonds. The largest absolute Gasteiger partial charge is 0.497 e. The highest BCUT2D eigenvalue weighted by Crippen LogP contribution is 2.31. The Morgan fingerprint density at radius 3 is 2.68 bits per heavy atom. The molecule has 0 aliphatic rings. The van der Waals surface area contributed by atoms with E-state index in [1.165, 1.54) is 0 Å². The molecule has 2 aromatic heterocycles. The van der Waals surface area contributed by atoms with Gasteiger partial charge in [-0.3, -0.25) is 4.40 Å². The number of methoxy groups -OCH3 is 1. The highest BCUT2D eigenvalue weighted by atomic mass is 16.5. The van der Waals surface area contributed by atoms with Crippen LogP contribution in [0, 0.1) is 13.8 Å². The van der Waals surface area contributed by atoms with Gasteiger partial charge in [0, 0.05) is 11.8 Å². The van der Waals surface area contributed by atoms with E-state index in [0.717, 1.165) is 28.3 Å². The lowest BCUT2D eigenvalue weighted by molar-refractivity contribution is 0.0697. The van der Waals surface area contributed by atoms with Gasteiger partial charge in [-0.15, -0.1) is 0 Å². The predicted octanol–water partition coefficient (Wildman–Crippen LogP) is 3.32. The molecule has 3 rings (SSSR count). The SMILES string of the molecule is COc1ccc(C)c(-c2c(C)nc3cc(C(=O)O)ccn23)c1. The smallest absolute Gasteiger partial charge is 0.335 e. The van der Waals surface area contributed by atoms with Gasteiger partial charge in [0.1, 0.15) is 11.4 Å². The first-order chi connectivity index (χ1) is 10.5. The zero-order valence-corrected chi connectivity index (χ0v) is 12.6. The molecular weight excluding hydrogens is 280 g/mol. The third-order valence-corrected chi connectivity index (χ3v) is 3.75. The fraction of sp³-hybridized carbons (Fsp3) is 0.176. The number of aromatic carboxylic acids is 1. The van der Waals surface area contributed by atoms with E-state index in [4.69, 9.17) is 9.84 Å². The number of aryl methyl sites for hydroxylation is 2. The first kappa shape index (κ1) is 14.1. The maximum atomic E-state index is 11.1. The molecule has 0 saturated heterocycles. The minimum atomic E-state index is -0.956. The third-order valence-electron chi connectivity index (χ3n) is 3.75. The van der Waals surface area contributed by atoms with Crippen LogP contribution in [0.15, 0.2) is 36.5 Å². The van der Waals surface area contributed by atoms with Crippen molar-refractivity contribution >= 4 is 11.6 Å². The minimum Gasteiger partial charge on any atom is -0.497 e. The molecule has 0 unspecified atom stereocenters. The molecule has 0 aliphatic heterocycles. The van der Waals surface area contributed by atoms with E-state index in [1.54, 1.807) is 25.4 Å². The van der Waals surface area contributed by atoms with E-state index < -0.39 is 5.97 Å². The summed E-state index contributed by atoms with van der Waals surface area (Å²) >= 11 is 0. The Labute approximate surface area is 127 Å². The molecule has 0 saturated carbocycles. The third kappa shape index (κ3) is 2.20.